The molecule has 3 heteroatoms. The van der Waals surface area contributed by atoms with Crippen molar-refractivity contribution in [1.29, 1.82) is 0 Å². The average molecular weight is 205 g/mol. The maximum atomic E-state index is 5.82. The number of nitrogen functional groups attached to an aromatic ring is 1. The van der Waals surface area contributed by atoms with Crippen molar-refractivity contribution >= 4 is 11.4 Å². The molecular formula is C12H19N3. The van der Waals surface area contributed by atoms with Crippen LogP contribution in [0.5, 0.6) is 0 Å². The lowest BCUT2D eigenvalue weighted by Crippen LogP contribution is -2.29. The lowest BCUT2D eigenvalue weighted by Gasteiger charge is -2.21. The van der Waals surface area contributed by atoms with Crippen LogP contribution in [0.3, 0.4) is 0 Å². The summed E-state index contributed by atoms with van der Waals surface area (Å²) >= 11 is 0. The maximum Gasteiger partial charge on any atom is 0.0578 e. The van der Waals surface area contributed by atoms with Crippen LogP contribution in [0.25, 0.3) is 0 Å². The topological polar surface area (TPSA) is 64.1 Å². The van der Waals surface area contributed by atoms with Crippen molar-refractivity contribution in [2.24, 2.45) is 5.73 Å². The lowest BCUT2D eigenvalue weighted by molar-refractivity contribution is 0.768. The van der Waals surface area contributed by atoms with Crippen LogP contribution in [0.2, 0.25) is 0 Å². The van der Waals surface area contributed by atoms with Gasteiger partial charge < -0.3 is 16.8 Å². The smallest absolute Gasteiger partial charge is 0.0578 e. The Morgan fingerprint density at radius 1 is 1.33 bits per heavy atom. The predicted octanol–water partition coefficient (Wildman–Crippen LogP) is 1.97. The molecule has 2 unspecified atom stereocenters. The lowest BCUT2D eigenvalue weighted by atomic mass is 10.0. The minimum atomic E-state index is -0.0163. The SMILES string of the molecule is C=C(C(C)N)C(C)Nc1ccccc1N. The molecule has 0 radical (unpaired) electrons. The molecule has 2 atom stereocenters. The van der Waals surface area contributed by atoms with Gasteiger partial charge in [-0.3, -0.25) is 0 Å². The monoisotopic (exact) mass is 205 g/mol. The molecule has 0 spiro atoms. The van der Waals surface area contributed by atoms with E-state index in [1.807, 2.05) is 38.1 Å². The molecule has 1 aromatic rings. The molecule has 0 saturated heterocycles. The van der Waals surface area contributed by atoms with Crippen molar-refractivity contribution in [3.63, 3.8) is 0 Å². The minimum absolute atomic E-state index is 0.0163. The van der Waals surface area contributed by atoms with Crippen LogP contribution >= 0.6 is 0 Å². The zero-order chi connectivity index (χ0) is 11.4. The van der Waals surface area contributed by atoms with Crippen molar-refractivity contribution in [2.75, 3.05) is 11.1 Å². The van der Waals surface area contributed by atoms with Gasteiger partial charge in [-0.2, -0.15) is 0 Å². The molecule has 3 nitrogen and oxygen atoms in total. The molecule has 0 fully saturated rings. The summed E-state index contributed by atoms with van der Waals surface area (Å²) < 4.78 is 0. The van der Waals surface area contributed by atoms with E-state index in [1.54, 1.807) is 0 Å². The largest absolute Gasteiger partial charge is 0.397 e. The van der Waals surface area contributed by atoms with Gasteiger partial charge in [0.2, 0.25) is 0 Å². The number of hydrogen-bond acceptors (Lipinski definition) is 3. The third-order valence-corrected chi connectivity index (χ3v) is 2.47. The molecule has 0 aliphatic rings. The fraction of sp³-hybridized carbons (Fsp3) is 0.333. The molecule has 5 N–H and O–H groups in total. The Hall–Kier alpha value is -1.48. The standard InChI is InChI=1S/C12H19N3/c1-8(9(2)13)10(3)15-12-7-5-4-6-11(12)14/h4-7,9-10,15H,1,13-14H2,2-3H3. The number of anilines is 2. The normalized spacial score (nSPS) is 14.3. The van der Waals surface area contributed by atoms with E-state index in [-0.39, 0.29) is 12.1 Å². The molecule has 0 aliphatic heterocycles. The molecule has 0 aliphatic carbocycles. The van der Waals surface area contributed by atoms with Crippen molar-refractivity contribution in [1.82, 2.24) is 0 Å². The Bertz CT molecular complexity index is 344. The first-order valence-corrected chi connectivity index (χ1v) is 5.07. The zero-order valence-electron chi connectivity index (χ0n) is 9.33. The van der Waals surface area contributed by atoms with Crippen LogP contribution in [0.4, 0.5) is 11.4 Å². The van der Waals surface area contributed by atoms with Crippen molar-refractivity contribution in [2.45, 2.75) is 25.9 Å². The number of rotatable bonds is 4. The summed E-state index contributed by atoms with van der Waals surface area (Å²) in [6.07, 6.45) is 0. The highest BCUT2D eigenvalue weighted by Crippen LogP contribution is 2.19. The van der Waals surface area contributed by atoms with Crippen molar-refractivity contribution in [3.8, 4) is 0 Å². The highest BCUT2D eigenvalue weighted by Gasteiger charge is 2.10. The fourth-order valence-electron chi connectivity index (χ4n) is 1.35. The van der Waals surface area contributed by atoms with E-state index in [0.29, 0.717) is 0 Å². The van der Waals surface area contributed by atoms with Gasteiger partial charge in [-0.25, -0.2) is 0 Å². The molecule has 0 heterocycles. The van der Waals surface area contributed by atoms with E-state index >= 15 is 0 Å². The van der Waals surface area contributed by atoms with Crippen LogP contribution in [0.1, 0.15) is 13.8 Å². The van der Waals surface area contributed by atoms with E-state index in [4.69, 9.17) is 11.5 Å². The minimum Gasteiger partial charge on any atom is -0.397 e. The predicted molar refractivity (Wildman–Crippen MR) is 66.7 cm³/mol. The Morgan fingerprint density at radius 3 is 2.47 bits per heavy atom. The first-order valence-electron chi connectivity index (χ1n) is 5.07. The van der Waals surface area contributed by atoms with Gasteiger partial charge in [0.15, 0.2) is 0 Å². The molecule has 1 aromatic carbocycles. The summed E-state index contributed by atoms with van der Waals surface area (Å²) in [4.78, 5) is 0. The summed E-state index contributed by atoms with van der Waals surface area (Å²) in [5, 5.41) is 3.29. The van der Waals surface area contributed by atoms with E-state index in [1.165, 1.54) is 0 Å². The number of hydrogen-bond donors (Lipinski definition) is 3. The van der Waals surface area contributed by atoms with Crippen molar-refractivity contribution in [3.05, 3.63) is 36.4 Å². The quantitative estimate of drug-likeness (QED) is 0.520. The highest BCUT2D eigenvalue weighted by atomic mass is 14.9. The van der Waals surface area contributed by atoms with Gasteiger partial charge in [0.1, 0.15) is 0 Å². The van der Waals surface area contributed by atoms with Crippen LogP contribution in [-0.4, -0.2) is 12.1 Å². The first kappa shape index (κ1) is 11.6. The van der Waals surface area contributed by atoms with Crippen LogP contribution in [-0.2, 0) is 0 Å². The second kappa shape index (κ2) is 4.84. The van der Waals surface area contributed by atoms with Gasteiger partial charge in [-0.05, 0) is 31.6 Å². The number of benzene rings is 1. The fourth-order valence-corrected chi connectivity index (χ4v) is 1.35. The summed E-state index contributed by atoms with van der Waals surface area (Å²) in [7, 11) is 0. The van der Waals surface area contributed by atoms with Gasteiger partial charge in [0.25, 0.3) is 0 Å². The molecule has 82 valence electrons. The van der Waals surface area contributed by atoms with E-state index in [2.05, 4.69) is 11.9 Å². The Balaban J connectivity index is 2.71. The van der Waals surface area contributed by atoms with Gasteiger partial charge in [-0.1, -0.05) is 18.7 Å². The molecule has 15 heavy (non-hydrogen) atoms. The van der Waals surface area contributed by atoms with Crippen molar-refractivity contribution < 1.29 is 0 Å². The first-order chi connectivity index (χ1) is 7.02. The average Bonchev–Trinajstić information content (AvgIpc) is 2.20. The number of para-hydroxylation sites is 2. The van der Waals surface area contributed by atoms with Gasteiger partial charge >= 0.3 is 0 Å². The molecule has 1 rings (SSSR count). The summed E-state index contributed by atoms with van der Waals surface area (Å²) in [5.41, 5.74) is 14.2. The summed E-state index contributed by atoms with van der Waals surface area (Å²) in [5.74, 6) is 0. The van der Waals surface area contributed by atoms with E-state index < -0.39 is 0 Å². The second-order valence-electron chi connectivity index (χ2n) is 3.82. The van der Waals surface area contributed by atoms with Gasteiger partial charge in [-0.15, -0.1) is 0 Å². The molecular weight excluding hydrogens is 186 g/mol. The number of nitrogens with two attached hydrogens (primary N) is 2. The second-order valence-corrected chi connectivity index (χ2v) is 3.82. The molecule has 0 aromatic heterocycles. The van der Waals surface area contributed by atoms with E-state index in [0.717, 1.165) is 16.9 Å². The molecule has 0 amide bonds. The molecule has 0 saturated carbocycles. The van der Waals surface area contributed by atoms with Gasteiger partial charge in [0.05, 0.1) is 11.4 Å². The summed E-state index contributed by atoms with van der Waals surface area (Å²) in [6, 6.07) is 7.77. The Morgan fingerprint density at radius 2 is 1.93 bits per heavy atom. The zero-order valence-corrected chi connectivity index (χ0v) is 9.33. The van der Waals surface area contributed by atoms with Crippen LogP contribution in [0, 0.1) is 0 Å². The van der Waals surface area contributed by atoms with Crippen LogP contribution in [0.15, 0.2) is 36.4 Å². The highest BCUT2D eigenvalue weighted by molar-refractivity contribution is 5.66. The third kappa shape index (κ3) is 2.99. The van der Waals surface area contributed by atoms with Gasteiger partial charge in [0, 0.05) is 12.1 Å². The van der Waals surface area contributed by atoms with Crippen LogP contribution < -0.4 is 16.8 Å². The molecule has 0 bridgehead atoms. The number of nitrogens with one attached hydrogen (secondary N) is 1. The Kier molecular flexibility index (Phi) is 3.74. The Labute approximate surface area is 91.2 Å². The third-order valence-electron chi connectivity index (χ3n) is 2.47. The van der Waals surface area contributed by atoms with E-state index in [9.17, 15) is 0 Å². The summed E-state index contributed by atoms with van der Waals surface area (Å²) in [6.45, 7) is 7.90. The maximum absolute atomic E-state index is 5.82.